The van der Waals surface area contributed by atoms with Crippen molar-refractivity contribution in [1.29, 1.82) is 0 Å². The molecule has 0 aliphatic carbocycles. The first-order valence-corrected chi connectivity index (χ1v) is 14.7. The van der Waals surface area contributed by atoms with Gasteiger partial charge in [-0.05, 0) is 46.8 Å². The molecule has 0 radical (unpaired) electrons. The second kappa shape index (κ2) is 11.5. The summed E-state index contributed by atoms with van der Waals surface area (Å²) in [6.45, 7) is -0.576. The van der Waals surface area contributed by atoms with Crippen LogP contribution in [-0.4, -0.2) is 51.9 Å². The number of aliphatic hydroxyl groups excluding tert-OH is 1. The number of aromatic nitrogens is 7. The van der Waals surface area contributed by atoms with Crippen molar-refractivity contribution < 1.29 is 19.3 Å². The molecule has 0 amide bonds. The van der Waals surface area contributed by atoms with Gasteiger partial charge in [0.05, 0.1) is 23.1 Å². The van der Waals surface area contributed by atoms with Crippen LogP contribution in [0.15, 0.2) is 80.2 Å². The molecule has 4 heterocycles. The third-order valence-corrected chi connectivity index (χ3v) is 8.49. The minimum absolute atomic E-state index is 0.114. The van der Waals surface area contributed by atoms with Crippen molar-refractivity contribution in [3.63, 3.8) is 0 Å². The molecule has 14 heteroatoms. The fourth-order valence-corrected chi connectivity index (χ4v) is 5.82. The molecule has 11 nitrogen and oxygen atoms in total. The quantitative estimate of drug-likeness (QED) is 0.162. The summed E-state index contributed by atoms with van der Waals surface area (Å²) in [5, 5.41) is 41.2. The summed E-state index contributed by atoms with van der Waals surface area (Å²) in [6.07, 6.45) is 0. The van der Waals surface area contributed by atoms with E-state index in [2.05, 4.69) is 30.5 Å². The van der Waals surface area contributed by atoms with Gasteiger partial charge in [0.15, 0.2) is 22.6 Å². The van der Waals surface area contributed by atoms with Gasteiger partial charge >= 0.3 is 0 Å². The maximum absolute atomic E-state index is 11.6. The van der Waals surface area contributed by atoms with Gasteiger partial charge in [-0.3, -0.25) is 0 Å². The van der Waals surface area contributed by atoms with Crippen molar-refractivity contribution in [3.8, 4) is 33.6 Å². The van der Waals surface area contributed by atoms with Crippen LogP contribution < -0.4 is 0 Å². The number of benzene rings is 2. The van der Waals surface area contributed by atoms with E-state index < -0.39 is 12.2 Å². The third-order valence-electron chi connectivity index (χ3n) is 6.37. The van der Waals surface area contributed by atoms with E-state index in [4.69, 9.17) is 20.6 Å². The molecule has 41 heavy (non-hydrogen) atoms. The van der Waals surface area contributed by atoms with Crippen LogP contribution in [0.3, 0.4) is 0 Å². The number of aliphatic hydroxyl groups is 2. The number of nitrogens with zero attached hydrogens (tertiary/aromatic N) is 7. The van der Waals surface area contributed by atoms with E-state index in [1.165, 1.54) is 11.8 Å². The van der Waals surface area contributed by atoms with Gasteiger partial charge in [0.25, 0.3) is 11.8 Å². The second-order valence-corrected chi connectivity index (χ2v) is 11.1. The summed E-state index contributed by atoms with van der Waals surface area (Å²) in [4.78, 5) is 9.81. The predicted octanol–water partition coefficient (Wildman–Crippen LogP) is 4.90. The number of hydrogen-bond acceptors (Lipinski definition) is 12. The topological polar surface area (TPSA) is 149 Å². The summed E-state index contributed by atoms with van der Waals surface area (Å²) in [6, 6.07) is 17.9. The predicted molar refractivity (Wildman–Crippen MR) is 153 cm³/mol. The first-order valence-electron chi connectivity index (χ1n) is 12.3. The molecular formula is C27H22ClN7O4S2. The highest BCUT2D eigenvalue weighted by molar-refractivity contribution is 7.98. The molecule has 0 aliphatic heterocycles. The summed E-state index contributed by atoms with van der Waals surface area (Å²) >= 11 is 8.84. The first-order chi connectivity index (χ1) is 20.0. The number of thiophene rings is 1. The average Bonchev–Trinajstić information content (AvgIpc) is 3.83. The molecule has 2 aromatic carbocycles. The van der Waals surface area contributed by atoms with E-state index in [1.54, 1.807) is 59.9 Å². The van der Waals surface area contributed by atoms with Crippen LogP contribution in [0.4, 0.5) is 0 Å². The Bertz CT molecular complexity index is 1790. The van der Waals surface area contributed by atoms with Gasteiger partial charge in [0, 0.05) is 18.2 Å². The van der Waals surface area contributed by atoms with E-state index in [9.17, 15) is 10.2 Å². The molecule has 4 aromatic heterocycles. The highest BCUT2D eigenvalue weighted by Crippen LogP contribution is 2.34. The summed E-state index contributed by atoms with van der Waals surface area (Å²) in [5.74, 6) is 2.72. The standard InChI is InChI=1S/C27H22ClN7O4S2/c1-35-23(20-9-4-10-40-20)31-32-26(35)41-14-22-30-25(39-34-22)17-6-3-8-19(12-17)27(37,15-36)18-7-2-5-16(11-18)24-29-21(13-28)33-38-24/h2-12,36-37H,13-15H2,1H3. The lowest BCUT2D eigenvalue weighted by Crippen LogP contribution is -2.31. The average molecular weight is 608 g/mol. The zero-order chi connectivity index (χ0) is 28.4. The molecule has 6 aromatic rings. The van der Waals surface area contributed by atoms with E-state index in [0.717, 1.165) is 15.9 Å². The normalized spacial score (nSPS) is 13.0. The lowest BCUT2D eigenvalue weighted by atomic mass is 9.85. The van der Waals surface area contributed by atoms with Crippen molar-refractivity contribution in [1.82, 2.24) is 35.0 Å². The van der Waals surface area contributed by atoms with E-state index in [-0.39, 0.29) is 17.7 Å². The fraction of sp³-hybridized carbons (Fsp3) is 0.185. The van der Waals surface area contributed by atoms with E-state index in [0.29, 0.717) is 39.7 Å². The zero-order valence-corrected chi connectivity index (χ0v) is 23.9. The van der Waals surface area contributed by atoms with Gasteiger partial charge in [-0.25, -0.2) is 0 Å². The third kappa shape index (κ3) is 5.42. The smallest absolute Gasteiger partial charge is 0.257 e. The monoisotopic (exact) mass is 607 g/mol. The van der Waals surface area contributed by atoms with Crippen LogP contribution in [0.2, 0.25) is 0 Å². The Morgan fingerprint density at radius 1 is 0.927 bits per heavy atom. The Hall–Kier alpha value is -3.88. The largest absolute Gasteiger partial charge is 0.393 e. The minimum Gasteiger partial charge on any atom is -0.393 e. The van der Waals surface area contributed by atoms with Crippen LogP contribution in [0, 0.1) is 0 Å². The Labute approximate surface area is 246 Å². The second-order valence-electron chi connectivity index (χ2n) is 8.98. The maximum Gasteiger partial charge on any atom is 0.257 e. The fourth-order valence-electron chi connectivity index (χ4n) is 4.21. The molecule has 0 spiro atoms. The van der Waals surface area contributed by atoms with Gasteiger partial charge in [-0.15, -0.1) is 33.1 Å². The van der Waals surface area contributed by atoms with Crippen molar-refractivity contribution in [2.45, 2.75) is 22.4 Å². The Kier molecular flexibility index (Phi) is 7.69. The molecule has 0 saturated carbocycles. The van der Waals surface area contributed by atoms with Gasteiger partial charge in [-0.1, -0.05) is 52.4 Å². The van der Waals surface area contributed by atoms with Gasteiger partial charge in [0.1, 0.15) is 5.60 Å². The van der Waals surface area contributed by atoms with Crippen molar-refractivity contribution in [3.05, 3.63) is 88.8 Å². The zero-order valence-electron chi connectivity index (χ0n) is 21.5. The highest BCUT2D eigenvalue weighted by atomic mass is 35.5. The van der Waals surface area contributed by atoms with Gasteiger partial charge < -0.3 is 23.8 Å². The maximum atomic E-state index is 11.6. The molecular weight excluding hydrogens is 586 g/mol. The van der Waals surface area contributed by atoms with Crippen LogP contribution in [0.1, 0.15) is 22.8 Å². The molecule has 6 rings (SSSR count). The molecule has 0 fully saturated rings. The number of hydrogen-bond donors (Lipinski definition) is 2. The Morgan fingerprint density at radius 2 is 1.59 bits per heavy atom. The number of thioether (sulfide) groups is 1. The van der Waals surface area contributed by atoms with Crippen LogP contribution >= 0.6 is 34.7 Å². The number of halogens is 1. The number of alkyl halides is 1. The highest BCUT2D eigenvalue weighted by Gasteiger charge is 2.32. The number of rotatable bonds is 10. The summed E-state index contributed by atoms with van der Waals surface area (Å²) in [7, 11) is 1.92. The summed E-state index contributed by atoms with van der Waals surface area (Å²) < 4.78 is 12.7. The van der Waals surface area contributed by atoms with Crippen molar-refractivity contribution >= 4 is 34.7 Å². The first kappa shape index (κ1) is 27.3. The van der Waals surface area contributed by atoms with Crippen molar-refractivity contribution in [2.24, 2.45) is 7.05 Å². The molecule has 0 bridgehead atoms. The van der Waals surface area contributed by atoms with E-state index in [1.807, 2.05) is 29.1 Å². The summed E-state index contributed by atoms with van der Waals surface area (Å²) in [5.41, 5.74) is 0.325. The minimum atomic E-state index is -1.73. The lowest BCUT2D eigenvalue weighted by molar-refractivity contribution is 0.0173. The van der Waals surface area contributed by atoms with Gasteiger partial charge in [-0.2, -0.15) is 9.97 Å². The molecule has 2 N–H and O–H groups in total. The van der Waals surface area contributed by atoms with Crippen LogP contribution in [0.5, 0.6) is 0 Å². The van der Waals surface area contributed by atoms with E-state index >= 15 is 0 Å². The SMILES string of the molecule is Cn1c(SCc2noc(-c3cccc(C(O)(CO)c4cccc(-c5nc(CCl)no5)c4)c3)n2)nnc1-c1cccs1. The van der Waals surface area contributed by atoms with Gasteiger partial charge in [0.2, 0.25) is 0 Å². The van der Waals surface area contributed by atoms with Crippen molar-refractivity contribution in [2.75, 3.05) is 6.61 Å². The molecule has 1 atom stereocenters. The molecule has 208 valence electrons. The Morgan fingerprint density at radius 3 is 2.17 bits per heavy atom. The lowest BCUT2D eigenvalue weighted by Gasteiger charge is -2.27. The Balaban J connectivity index is 1.22. The van der Waals surface area contributed by atoms with Crippen LogP contribution in [-0.2, 0) is 24.3 Å². The van der Waals surface area contributed by atoms with Crippen LogP contribution in [0.25, 0.3) is 33.6 Å². The molecule has 0 saturated heterocycles. The molecule has 0 aliphatic rings. The molecule has 1 unspecified atom stereocenters.